The lowest BCUT2D eigenvalue weighted by Crippen LogP contribution is -2.49. The Kier molecular flexibility index (Phi) is 7.62. The van der Waals surface area contributed by atoms with E-state index in [1.807, 2.05) is 32.9 Å². The summed E-state index contributed by atoms with van der Waals surface area (Å²) in [5, 5.41) is 12.2. The lowest BCUT2D eigenvalue weighted by molar-refractivity contribution is -0.153. The zero-order chi connectivity index (χ0) is 26.1. The van der Waals surface area contributed by atoms with Gasteiger partial charge in [0.15, 0.2) is 0 Å². The van der Waals surface area contributed by atoms with Crippen LogP contribution < -0.4 is 16.5 Å². The smallest absolute Gasteiger partial charge is 0.326 e. The summed E-state index contributed by atoms with van der Waals surface area (Å²) in [4.78, 5) is 26.6. The van der Waals surface area contributed by atoms with Crippen molar-refractivity contribution in [3.63, 3.8) is 0 Å². The molecule has 5 atom stereocenters. The number of hydrogen-bond donors (Lipinski definition) is 4. The van der Waals surface area contributed by atoms with Crippen LogP contribution in [0.2, 0.25) is 0 Å². The molecule has 8 heteroatoms. The topological polar surface area (TPSA) is 96.9 Å². The highest BCUT2D eigenvalue weighted by molar-refractivity contribution is 5.84. The van der Waals surface area contributed by atoms with Crippen LogP contribution in [0.3, 0.4) is 0 Å². The van der Waals surface area contributed by atoms with Gasteiger partial charge in [-0.15, -0.1) is 0 Å². The van der Waals surface area contributed by atoms with Crippen LogP contribution >= 0.6 is 0 Å². The summed E-state index contributed by atoms with van der Waals surface area (Å²) in [5.41, 5.74) is 14.2. The molecule has 5 unspecified atom stereocenters. The van der Waals surface area contributed by atoms with Crippen molar-refractivity contribution >= 4 is 11.9 Å². The van der Waals surface area contributed by atoms with Gasteiger partial charge in [0.05, 0.1) is 0 Å². The van der Waals surface area contributed by atoms with E-state index in [0.717, 1.165) is 41.4 Å². The molecule has 1 amide bonds. The van der Waals surface area contributed by atoms with Gasteiger partial charge in [0, 0.05) is 19.0 Å². The third-order valence-electron chi connectivity index (χ3n) is 8.20. The first-order valence-electron chi connectivity index (χ1n) is 13.6. The molecule has 3 fully saturated rings. The summed E-state index contributed by atoms with van der Waals surface area (Å²) < 4.78 is 0. The number of amides is 1. The number of nitrogens with one attached hydrogen (secondary N) is 3. The Balaban J connectivity index is 1.36. The molecule has 0 bridgehead atoms. The van der Waals surface area contributed by atoms with Gasteiger partial charge in [0.2, 0.25) is 5.91 Å². The monoisotopic (exact) mass is 505 g/mol. The van der Waals surface area contributed by atoms with Crippen molar-refractivity contribution < 1.29 is 14.7 Å². The number of nitrogens with zero attached hydrogens (tertiary/aromatic N) is 2. The molecule has 4 N–H and O–H groups in total. The molecule has 2 aromatic rings. The van der Waals surface area contributed by atoms with Crippen LogP contribution in [0.15, 0.2) is 48.5 Å². The second-order valence-corrected chi connectivity index (χ2v) is 11.1. The van der Waals surface area contributed by atoms with Gasteiger partial charge in [-0.3, -0.25) is 4.79 Å². The highest BCUT2D eigenvalue weighted by atomic mass is 16.4. The predicted octanol–water partition coefficient (Wildman–Crippen LogP) is 4.22. The van der Waals surface area contributed by atoms with Gasteiger partial charge in [-0.05, 0) is 59.3 Å². The van der Waals surface area contributed by atoms with Gasteiger partial charge < -0.3 is 10.0 Å². The lowest BCUT2D eigenvalue weighted by atomic mass is 9.90. The van der Waals surface area contributed by atoms with E-state index in [-0.39, 0.29) is 24.5 Å². The minimum Gasteiger partial charge on any atom is -0.480 e. The minimum atomic E-state index is -0.954. The first-order valence-corrected chi connectivity index (χ1v) is 13.6. The second-order valence-electron chi connectivity index (χ2n) is 11.1. The number of hydrazine groups is 3. The van der Waals surface area contributed by atoms with E-state index in [0.29, 0.717) is 12.5 Å². The van der Waals surface area contributed by atoms with Crippen molar-refractivity contribution in [3.05, 3.63) is 59.7 Å². The van der Waals surface area contributed by atoms with E-state index in [2.05, 4.69) is 57.9 Å². The first-order chi connectivity index (χ1) is 17.9. The summed E-state index contributed by atoms with van der Waals surface area (Å²) in [6.45, 7) is 6.04. The van der Waals surface area contributed by atoms with Crippen LogP contribution in [-0.4, -0.2) is 39.0 Å². The summed E-state index contributed by atoms with van der Waals surface area (Å²) in [6, 6.07) is 16.3. The van der Waals surface area contributed by atoms with Crippen LogP contribution in [0.1, 0.15) is 70.2 Å². The van der Waals surface area contributed by atoms with E-state index < -0.39 is 12.0 Å². The number of carbonyl (C=O) groups is 2. The Hall–Kier alpha value is -2.78. The Morgan fingerprint density at radius 2 is 1.86 bits per heavy atom. The van der Waals surface area contributed by atoms with Gasteiger partial charge in [-0.2, -0.15) is 11.1 Å². The average Bonchev–Trinajstić information content (AvgIpc) is 3.28. The van der Waals surface area contributed by atoms with Gasteiger partial charge in [-0.1, -0.05) is 75.7 Å². The number of hydrogen-bond acceptors (Lipinski definition) is 6. The van der Waals surface area contributed by atoms with Crippen LogP contribution in [0.5, 0.6) is 0 Å². The molecule has 1 aliphatic heterocycles. The molecule has 198 valence electrons. The molecule has 2 aliphatic carbocycles. The predicted molar refractivity (Wildman–Crippen MR) is 142 cm³/mol. The molecule has 5 rings (SSSR count). The number of carbonyl (C=O) groups excluding carboxylic acids is 1. The lowest BCUT2D eigenvalue weighted by Gasteiger charge is -2.37. The molecule has 0 radical (unpaired) electrons. The molecule has 3 aliphatic rings. The van der Waals surface area contributed by atoms with E-state index >= 15 is 0 Å². The molecule has 2 saturated carbocycles. The Labute approximate surface area is 219 Å². The van der Waals surface area contributed by atoms with Crippen LogP contribution in [0, 0.1) is 17.8 Å². The number of rotatable bonds is 11. The highest BCUT2D eigenvalue weighted by Gasteiger charge is 2.57. The van der Waals surface area contributed by atoms with Crippen molar-refractivity contribution in [3.8, 4) is 11.1 Å². The van der Waals surface area contributed by atoms with Gasteiger partial charge in [-0.25, -0.2) is 15.2 Å². The number of unbranched alkanes of at least 4 members (excludes halogenated alkanes) is 1. The quantitative estimate of drug-likeness (QED) is 0.363. The summed E-state index contributed by atoms with van der Waals surface area (Å²) in [6.07, 6.45) is 4.64. The number of carboxylic acids is 1. The van der Waals surface area contributed by atoms with Gasteiger partial charge >= 0.3 is 5.97 Å². The van der Waals surface area contributed by atoms with Gasteiger partial charge in [0.25, 0.3) is 0 Å². The highest BCUT2D eigenvalue weighted by Crippen LogP contribution is 2.58. The van der Waals surface area contributed by atoms with Crippen LogP contribution in [-0.2, 0) is 16.1 Å². The average molecular weight is 506 g/mol. The second kappa shape index (κ2) is 10.9. The normalized spacial score (nSPS) is 25.4. The number of benzene rings is 2. The molecule has 0 spiro atoms. The van der Waals surface area contributed by atoms with E-state index in [1.165, 1.54) is 18.4 Å². The van der Waals surface area contributed by atoms with Crippen molar-refractivity contribution in [2.24, 2.45) is 17.8 Å². The maximum absolute atomic E-state index is 13.0. The molecule has 1 heterocycles. The molecule has 37 heavy (non-hydrogen) atoms. The third kappa shape index (κ3) is 5.29. The maximum Gasteiger partial charge on any atom is 0.326 e. The summed E-state index contributed by atoms with van der Waals surface area (Å²) in [5.74, 6) is 0.496. The zero-order valence-electron chi connectivity index (χ0n) is 22.0. The Bertz CT molecular complexity index is 1120. The van der Waals surface area contributed by atoms with E-state index in [4.69, 9.17) is 0 Å². The molecular weight excluding hydrogens is 466 g/mol. The Morgan fingerprint density at radius 1 is 1.11 bits per heavy atom. The van der Waals surface area contributed by atoms with Crippen molar-refractivity contribution in [1.82, 2.24) is 26.4 Å². The minimum absolute atomic E-state index is 0.0245. The summed E-state index contributed by atoms with van der Waals surface area (Å²) in [7, 11) is 0. The van der Waals surface area contributed by atoms with Crippen molar-refractivity contribution in [1.29, 1.82) is 0 Å². The molecule has 1 saturated heterocycles. The fourth-order valence-corrected chi connectivity index (χ4v) is 6.00. The van der Waals surface area contributed by atoms with Gasteiger partial charge in [0.1, 0.15) is 12.2 Å². The van der Waals surface area contributed by atoms with Crippen molar-refractivity contribution in [2.75, 3.05) is 0 Å². The summed E-state index contributed by atoms with van der Waals surface area (Å²) >= 11 is 0. The standard InChI is InChI=1S/C29H39N5O3/c1-4-5-10-26(35)33(27(18(2)3)29(36)37)17-19-11-13-20(14-12-19)22-8-6-7-9-23(22)28-30-31-32-34(28)25-16-21-15-24(21)25/h6-9,11-14,18,21,24-25,27-28,30-32H,4-5,10,15-17H2,1-3H3,(H,36,37). The zero-order valence-corrected chi connectivity index (χ0v) is 22.0. The molecular formula is C29H39N5O3. The number of fused-ring (bicyclic) bond motifs is 1. The third-order valence-corrected chi connectivity index (χ3v) is 8.20. The van der Waals surface area contributed by atoms with Crippen molar-refractivity contribution in [2.45, 2.75) is 77.7 Å². The number of aliphatic carboxylic acids is 1. The molecule has 2 aromatic carbocycles. The van der Waals surface area contributed by atoms with E-state index in [9.17, 15) is 14.7 Å². The molecule has 8 nitrogen and oxygen atoms in total. The SMILES string of the molecule is CCCCC(=O)N(Cc1ccc(-c2ccccc2C2NNNN2C2CC3CC32)cc1)C(C(=O)O)C(C)C. The Morgan fingerprint density at radius 3 is 2.49 bits per heavy atom. The largest absolute Gasteiger partial charge is 0.480 e. The van der Waals surface area contributed by atoms with E-state index in [1.54, 1.807) is 4.90 Å². The molecule has 0 aromatic heterocycles. The first kappa shape index (κ1) is 25.9. The maximum atomic E-state index is 13.0. The number of carboxylic acid groups (broad SMARTS) is 1. The van der Waals surface area contributed by atoms with Crippen LogP contribution in [0.25, 0.3) is 11.1 Å². The van der Waals surface area contributed by atoms with Crippen LogP contribution in [0.4, 0.5) is 0 Å². The fraction of sp³-hybridized carbons (Fsp3) is 0.517. The fourth-order valence-electron chi connectivity index (χ4n) is 6.00.